The van der Waals surface area contributed by atoms with Gasteiger partial charge in [-0.25, -0.2) is 4.79 Å². The van der Waals surface area contributed by atoms with Crippen molar-refractivity contribution in [2.24, 2.45) is 11.8 Å². The van der Waals surface area contributed by atoms with Gasteiger partial charge in [0.05, 0.1) is 6.61 Å². The highest BCUT2D eigenvalue weighted by molar-refractivity contribution is 5.81. The fourth-order valence-electron chi connectivity index (χ4n) is 1.67. The lowest BCUT2D eigenvalue weighted by atomic mass is 9.91. The summed E-state index contributed by atoms with van der Waals surface area (Å²) < 4.78 is 5.09. The van der Waals surface area contributed by atoms with Crippen molar-refractivity contribution in [3.05, 3.63) is 12.7 Å². The molecule has 2 heteroatoms. The van der Waals surface area contributed by atoms with Crippen molar-refractivity contribution in [1.82, 2.24) is 0 Å². The Morgan fingerprint density at radius 1 is 1.47 bits per heavy atom. The molecule has 0 saturated carbocycles. The van der Waals surface area contributed by atoms with Crippen LogP contribution in [0.15, 0.2) is 12.7 Å². The number of carbonyl (C=O) groups excluding carboxylic acids is 1. The Labute approximate surface area is 93.7 Å². The molecule has 15 heavy (non-hydrogen) atoms. The second-order valence-electron chi connectivity index (χ2n) is 4.24. The minimum absolute atomic E-state index is 0.305. The van der Waals surface area contributed by atoms with Gasteiger partial charge in [-0.05, 0) is 24.7 Å². The Hall–Kier alpha value is -0.790. The molecule has 0 aliphatic heterocycles. The summed E-state index contributed by atoms with van der Waals surface area (Å²) in [4.78, 5) is 10.9. The molecule has 0 aliphatic carbocycles. The molecule has 0 bridgehead atoms. The van der Waals surface area contributed by atoms with E-state index in [4.69, 9.17) is 4.74 Å². The molecule has 0 aromatic carbocycles. The molecular weight excluding hydrogens is 188 g/mol. The van der Waals surface area contributed by atoms with E-state index in [0.29, 0.717) is 18.4 Å². The first-order chi connectivity index (χ1) is 7.13. The van der Waals surface area contributed by atoms with Gasteiger partial charge in [-0.2, -0.15) is 0 Å². The van der Waals surface area contributed by atoms with Crippen molar-refractivity contribution in [1.29, 1.82) is 0 Å². The molecule has 0 aromatic rings. The highest BCUT2D eigenvalue weighted by atomic mass is 16.5. The Bertz CT molecular complexity index is 187. The smallest absolute Gasteiger partial charge is 0.330 e. The molecule has 2 nitrogen and oxygen atoms in total. The standard InChI is InChI=1S/C13H24O2/c1-5-8-12(9-11(4)6-2)10-15-13(14)7-3/h7,11-12H,3,5-6,8-10H2,1-2,4H3. The van der Waals surface area contributed by atoms with Crippen molar-refractivity contribution in [3.8, 4) is 0 Å². The van der Waals surface area contributed by atoms with E-state index in [9.17, 15) is 4.79 Å². The predicted octanol–water partition coefficient (Wildman–Crippen LogP) is 3.57. The van der Waals surface area contributed by atoms with Gasteiger partial charge in [0.1, 0.15) is 0 Å². The van der Waals surface area contributed by atoms with Crippen LogP contribution in [0.4, 0.5) is 0 Å². The molecule has 0 radical (unpaired) electrons. The topological polar surface area (TPSA) is 26.3 Å². The van der Waals surface area contributed by atoms with Crippen LogP contribution in [-0.4, -0.2) is 12.6 Å². The van der Waals surface area contributed by atoms with Gasteiger partial charge in [0, 0.05) is 6.08 Å². The zero-order valence-corrected chi connectivity index (χ0v) is 10.3. The fraction of sp³-hybridized carbons (Fsp3) is 0.769. The molecule has 0 saturated heterocycles. The van der Waals surface area contributed by atoms with Crippen LogP contribution in [0, 0.1) is 11.8 Å². The summed E-state index contributed by atoms with van der Waals surface area (Å²) in [5.74, 6) is 0.915. The zero-order valence-electron chi connectivity index (χ0n) is 10.3. The highest BCUT2D eigenvalue weighted by Gasteiger charge is 2.13. The lowest BCUT2D eigenvalue weighted by molar-refractivity contribution is -0.139. The van der Waals surface area contributed by atoms with Gasteiger partial charge in [-0.1, -0.05) is 40.2 Å². The Morgan fingerprint density at radius 3 is 2.60 bits per heavy atom. The first kappa shape index (κ1) is 14.2. The van der Waals surface area contributed by atoms with E-state index < -0.39 is 0 Å². The van der Waals surface area contributed by atoms with Gasteiger partial charge in [0.15, 0.2) is 0 Å². The van der Waals surface area contributed by atoms with Crippen LogP contribution >= 0.6 is 0 Å². The molecule has 2 unspecified atom stereocenters. The van der Waals surface area contributed by atoms with Crippen molar-refractivity contribution >= 4 is 5.97 Å². The number of hydrogen-bond acceptors (Lipinski definition) is 2. The van der Waals surface area contributed by atoms with Gasteiger partial charge in [0.2, 0.25) is 0 Å². The molecule has 0 amide bonds. The Balaban J connectivity index is 3.92. The molecule has 0 fully saturated rings. The SMILES string of the molecule is C=CC(=O)OCC(CCC)CC(C)CC. The van der Waals surface area contributed by atoms with Gasteiger partial charge in [-0.3, -0.25) is 0 Å². The van der Waals surface area contributed by atoms with Crippen LogP contribution in [0.3, 0.4) is 0 Å². The monoisotopic (exact) mass is 212 g/mol. The average molecular weight is 212 g/mol. The molecule has 0 N–H and O–H groups in total. The quantitative estimate of drug-likeness (QED) is 0.454. The summed E-state index contributed by atoms with van der Waals surface area (Å²) in [5.41, 5.74) is 0. The molecule has 88 valence electrons. The average Bonchev–Trinajstić information content (AvgIpc) is 2.25. The van der Waals surface area contributed by atoms with Crippen molar-refractivity contribution in [3.63, 3.8) is 0 Å². The summed E-state index contributed by atoms with van der Waals surface area (Å²) in [6.45, 7) is 10.5. The van der Waals surface area contributed by atoms with E-state index in [1.54, 1.807) is 0 Å². The summed E-state index contributed by atoms with van der Waals surface area (Å²) in [6.07, 6.45) is 5.85. The third-order valence-electron chi connectivity index (χ3n) is 2.76. The number of hydrogen-bond donors (Lipinski definition) is 0. The molecule has 0 rings (SSSR count). The predicted molar refractivity (Wildman–Crippen MR) is 63.6 cm³/mol. The summed E-state index contributed by atoms with van der Waals surface area (Å²) in [6, 6.07) is 0. The van der Waals surface area contributed by atoms with Gasteiger partial charge < -0.3 is 4.74 Å². The summed E-state index contributed by atoms with van der Waals surface area (Å²) in [5, 5.41) is 0. The second kappa shape index (κ2) is 8.51. The van der Waals surface area contributed by atoms with E-state index >= 15 is 0 Å². The first-order valence-corrected chi connectivity index (χ1v) is 5.93. The van der Waals surface area contributed by atoms with E-state index in [1.807, 2.05) is 0 Å². The van der Waals surface area contributed by atoms with Crippen LogP contribution in [0.1, 0.15) is 46.5 Å². The lowest BCUT2D eigenvalue weighted by Gasteiger charge is -2.19. The van der Waals surface area contributed by atoms with Gasteiger partial charge in [0.25, 0.3) is 0 Å². The van der Waals surface area contributed by atoms with Crippen molar-refractivity contribution in [2.45, 2.75) is 46.5 Å². The van der Waals surface area contributed by atoms with Crippen LogP contribution in [0.25, 0.3) is 0 Å². The minimum Gasteiger partial charge on any atom is -0.462 e. The minimum atomic E-state index is -0.305. The van der Waals surface area contributed by atoms with Crippen LogP contribution in [-0.2, 0) is 9.53 Å². The summed E-state index contributed by atoms with van der Waals surface area (Å²) in [7, 11) is 0. The third kappa shape index (κ3) is 7.18. The van der Waals surface area contributed by atoms with Crippen LogP contribution in [0.2, 0.25) is 0 Å². The van der Waals surface area contributed by atoms with E-state index in [1.165, 1.54) is 12.5 Å². The largest absolute Gasteiger partial charge is 0.462 e. The Kier molecular flexibility index (Phi) is 8.06. The number of rotatable bonds is 8. The third-order valence-corrected chi connectivity index (χ3v) is 2.76. The number of carbonyl (C=O) groups is 1. The normalized spacial score (nSPS) is 14.3. The second-order valence-corrected chi connectivity index (χ2v) is 4.24. The molecule has 0 aromatic heterocycles. The summed E-state index contributed by atoms with van der Waals surface area (Å²) >= 11 is 0. The molecule has 0 spiro atoms. The molecular formula is C13H24O2. The lowest BCUT2D eigenvalue weighted by Crippen LogP contribution is -2.15. The Morgan fingerprint density at radius 2 is 2.13 bits per heavy atom. The van der Waals surface area contributed by atoms with Crippen LogP contribution in [0.5, 0.6) is 0 Å². The van der Waals surface area contributed by atoms with E-state index in [-0.39, 0.29) is 5.97 Å². The van der Waals surface area contributed by atoms with Crippen molar-refractivity contribution in [2.75, 3.05) is 6.61 Å². The van der Waals surface area contributed by atoms with Crippen molar-refractivity contribution < 1.29 is 9.53 Å². The van der Waals surface area contributed by atoms with E-state index in [2.05, 4.69) is 27.4 Å². The van der Waals surface area contributed by atoms with Gasteiger partial charge in [-0.15, -0.1) is 0 Å². The zero-order chi connectivity index (χ0) is 11.7. The number of esters is 1. The molecule has 2 atom stereocenters. The maximum absolute atomic E-state index is 10.9. The van der Waals surface area contributed by atoms with Gasteiger partial charge >= 0.3 is 5.97 Å². The number of ether oxygens (including phenoxy) is 1. The van der Waals surface area contributed by atoms with E-state index in [0.717, 1.165) is 19.3 Å². The highest BCUT2D eigenvalue weighted by Crippen LogP contribution is 2.19. The maximum atomic E-state index is 10.9. The molecule has 0 aliphatic rings. The maximum Gasteiger partial charge on any atom is 0.330 e. The molecule has 0 heterocycles. The van der Waals surface area contributed by atoms with Crippen LogP contribution < -0.4 is 0 Å². The fourth-order valence-corrected chi connectivity index (χ4v) is 1.67. The first-order valence-electron chi connectivity index (χ1n) is 5.93.